The second kappa shape index (κ2) is 4.30. The summed E-state index contributed by atoms with van der Waals surface area (Å²) in [4.78, 5) is 14.5. The third kappa shape index (κ3) is 1.94. The van der Waals surface area contributed by atoms with Crippen molar-refractivity contribution in [3.8, 4) is 0 Å². The molecule has 0 spiro atoms. The van der Waals surface area contributed by atoms with E-state index < -0.39 is 0 Å². The van der Waals surface area contributed by atoms with Crippen LogP contribution in [0.4, 0.5) is 4.39 Å². The van der Waals surface area contributed by atoms with Gasteiger partial charge in [0, 0.05) is 30.7 Å². The van der Waals surface area contributed by atoms with Gasteiger partial charge in [-0.3, -0.25) is 4.79 Å². The number of benzene rings is 1. The Labute approximate surface area is 112 Å². The average Bonchev–Trinajstić information content (AvgIpc) is 2.91. The lowest BCUT2D eigenvalue weighted by Gasteiger charge is -2.35. The summed E-state index contributed by atoms with van der Waals surface area (Å²) in [5.41, 5.74) is 0.276. The number of halogens is 1. The van der Waals surface area contributed by atoms with Crippen LogP contribution in [0.5, 0.6) is 0 Å². The predicted molar refractivity (Wildman–Crippen MR) is 71.4 cm³/mol. The van der Waals surface area contributed by atoms with Crippen molar-refractivity contribution < 1.29 is 9.18 Å². The molecule has 102 valence electrons. The van der Waals surface area contributed by atoms with Crippen molar-refractivity contribution in [3.05, 3.63) is 35.6 Å². The molecular weight excluding hydrogens is 243 g/mol. The Morgan fingerprint density at radius 2 is 2.21 bits per heavy atom. The topological polar surface area (TPSA) is 32.3 Å². The lowest BCUT2D eigenvalue weighted by molar-refractivity contribution is 0.0603. The molecule has 4 heteroatoms. The maximum atomic E-state index is 13.3. The molecule has 19 heavy (non-hydrogen) atoms. The maximum absolute atomic E-state index is 13.3. The molecule has 2 unspecified atom stereocenters. The molecule has 1 N–H and O–H groups in total. The van der Waals surface area contributed by atoms with Crippen molar-refractivity contribution in [2.75, 3.05) is 19.6 Å². The lowest BCUT2D eigenvalue weighted by Crippen LogP contribution is -2.47. The molecule has 0 aromatic heterocycles. The Morgan fingerprint density at radius 1 is 1.42 bits per heavy atom. The summed E-state index contributed by atoms with van der Waals surface area (Å²) in [5.74, 6) is 0.598. The smallest absolute Gasteiger partial charge is 0.254 e. The standard InChI is InChI=1S/C15H19FN2O/c1-15(2)13-8-17-7-11(13)9-18(15)14(19)10-4-3-5-12(16)6-10/h3-6,11,13,17H,7-9H2,1-2H3. The molecule has 1 aromatic rings. The van der Waals surface area contributed by atoms with Gasteiger partial charge >= 0.3 is 0 Å². The van der Waals surface area contributed by atoms with E-state index in [4.69, 9.17) is 0 Å². The normalized spacial score (nSPS) is 28.5. The molecule has 2 fully saturated rings. The second-order valence-corrected chi connectivity index (χ2v) is 6.10. The second-order valence-electron chi connectivity index (χ2n) is 6.10. The van der Waals surface area contributed by atoms with Crippen LogP contribution in [-0.2, 0) is 0 Å². The highest BCUT2D eigenvalue weighted by Gasteiger charge is 2.51. The van der Waals surface area contributed by atoms with Gasteiger partial charge < -0.3 is 10.2 Å². The van der Waals surface area contributed by atoms with Crippen LogP contribution in [0.3, 0.4) is 0 Å². The van der Waals surface area contributed by atoms with Crippen molar-refractivity contribution in [2.24, 2.45) is 11.8 Å². The molecule has 2 aliphatic heterocycles. The molecule has 0 bridgehead atoms. The number of hydrogen-bond donors (Lipinski definition) is 1. The minimum atomic E-state index is -0.357. The molecule has 1 amide bonds. The van der Waals surface area contributed by atoms with Gasteiger partial charge in [-0.1, -0.05) is 6.07 Å². The monoisotopic (exact) mass is 262 g/mol. The summed E-state index contributed by atoms with van der Waals surface area (Å²) in [6, 6.07) is 5.97. The Balaban J connectivity index is 1.88. The first-order valence-electron chi connectivity index (χ1n) is 6.78. The molecule has 3 rings (SSSR count). The van der Waals surface area contributed by atoms with Gasteiger partial charge in [-0.15, -0.1) is 0 Å². The van der Waals surface area contributed by atoms with Crippen LogP contribution in [0.1, 0.15) is 24.2 Å². The number of amides is 1. The number of hydrogen-bond acceptors (Lipinski definition) is 2. The third-order valence-electron chi connectivity index (χ3n) is 4.68. The van der Waals surface area contributed by atoms with E-state index in [1.54, 1.807) is 12.1 Å². The van der Waals surface area contributed by atoms with Crippen molar-refractivity contribution in [3.63, 3.8) is 0 Å². The van der Waals surface area contributed by atoms with Gasteiger partial charge in [0.1, 0.15) is 5.82 Å². The molecule has 3 nitrogen and oxygen atoms in total. The Bertz CT molecular complexity index is 515. The van der Waals surface area contributed by atoms with Crippen LogP contribution in [0, 0.1) is 17.7 Å². The van der Waals surface area contributed by atoms with Crippen LogP contribution >= 0.6 is 0 Å². The highest BCUT2D eigenvalue weighted by Crippen LogP contribution is 2.41. The van der Waals surface area contributed by atoms with Gasteiger partial charge in [-0.25, -0.2) is 4.39 Å². The number of likely N-dealkylation sites (tertiary alicyclic amines) is 1. The first-order valence-corrected chi connectivity index (χ1v) is 6.78. The molecule has 0 aliphatic carbocycles. The highest BCUT2D eigenvalue weighted by atomic mass is 19.1. The van der Waals surface area contributed by atoms with Crippen LogP contribution in [-0.4, -0.2) is 36.0 Å². The number of carbonyl (C=O) groups is 1. The first kappa shape index (κ1) is 12.6. The van der Waals surface area contributed by atoms with Gasteiger partial charge in [0.05, 0.1) is 0 Å². The maximum Gasteiger partial charge on any atom is 0.254 e. The van der Waals surface area contributed by atoms with E-state index in [1.165, 1.54) is 12.1 Å². The van der Waals surface area contributed by atoms with Crippen molar-refractivity contribution in [2.45, 2.75) is 19.4 Å². The van der Waals surface area contributed by atoms with E-state index in [0.29, 0.717) is 17.4 Å². The van der Waals surface area contributed by atoms with Crippen LogP contribution < -0.4 is 5.32 Å². The van der Waals surface area contributed by atoms with Gasteiger partial charge in [0.15, 0.2) is 0 Å². The predicted octanol–water partition coefficient (Wildman–Crippen LogP) is 1.90. The number of nitrogens with zero attached hydrogens (tertiary/aromatic N) is 1. The van der Waals surface area contributed by atoms with Crippen molar-refractivity contribution in [1.29, 1.82) is 0 Å². The summed E-state index contributed by atoms with van der Waals surface area (Å²) >= 11 is 0. The fraction of sp³-hybridized carbons (Fsp3) is 0.533. The number of carbonyl (C=O) groups excluding carboxylic acids is 1. The molecule has 2 heterocycles. The van der Waals surface area contributed by atoms with E-state index in [1.807, 2.05) is 4.90 Å². The zero-order valence-electron chi connectivity index (χ0n) is 11.3. The molecule has 0 saturated carbocycles. The summed E-state index contributed by atoms with van der Waals surface area (Å²) in [5, 5.41) is 3.39. The minimum Gasteiger partial charge on any atom is -0.333 e. The van der Waals surface area contributed by atoms with Crippen LogP contribution in [0.15, 0.2) is 24.3 Å². The van der Waals surface area contributed by atoms with E-state index in [9.17, 15) is 9.18 Å². The minimum absolute atomic E-state index is 0.0566. The Kier molecular flexibility index (Phi) is 2.86. The largest absolute Gasteiger partial charge is 0.333 e. The Hall–Kier alpha value is -1.42. The van der Waals surface area contributed by atoms with Gasteiger partial charge in [0.2, 0.25) is 0 Å². The third-order valence-corrected chi connectivity index (χ3v) is 4.68. The van der Waals surface area contributed by atoms with Gasteiger partial charge in [0.25, 0.3) is 5.91 Å². The fourth-order valence-electron chi connectivity index (χ4n) is 3.54. The van der Waals surface area contributed by atoms with E-state index >= 15 is 0 Å². The molecular formula is C15H19FN2O. The van der Waals surface area contributed by atoms with Crippen molar-refractivity contribution in [1.82, 2.24) is 10.2 Å². The average molecular weight is 262 g/mol. The molecule has 1 aromatic carbocycles. The molecule has 0 radical (unpaired) electrons. The summed E-state index contributed by atoms with van der Waals surface area (Å²) in [7, 11) is 0. The quantitative estimate of drug-likeness (QED) is 0.838. The SMILES string of the molecule is CC1(C)C2CNCC2CN1C(=O)c1cccc(F)c1. The number of nitrogens with one attached hydrogen (secondary N) is 1. The summed E-state index contributed by atoms with van der Waals surface area (Å²) < 4.78 is 13.3. The molecule has 2 atom stereocenters. The highest BCUT2D eigenvalue weighted by molar-refractivity contribution is 5.95. The summed E-state index contributed by atoms with van der Waals surface area (Å²) in [6.07, 6.45) is 0. The first-order chi connectivity index (χ1) is 9.00. The zero-order valence-corrected chi connectivity index (χ0v) is 11.3. The van der Waals surface area contributed by atoms with E-state index in [0.717, 1.165) is 19.6 Å². The molecule has 2 aliphatic rings. The fourth-order valence-corrected chi connectivity index (χ4v) is 3.54. The summed E-state index contributed by atoms with van der Waals surface area (Å²) in [6.45, 7) is 6.93. The zero-order chi connectivity index (χ0) is 13.6. The number of fused-ring (bicyclic) bond motifs is 1. The van der Waals surface area contributed by atoms with Gasteiger partial charge in [-0.05, 0) is 43.9 Å². The van der Waals surface area contributed by atoms with Crippen LogP contribution in [0.25, 0.3) is 0 Å². The molecule has 2 saturated heterocycles. The van der Waals surface area contributed by atoms with Gasteiger partial charge in [-0.2, -0.15) is 0 Å². The Morgan fingerprint density at radius 3 is 2.89 bits per heavy atom. The lowest BCUT2D eigenvalue weighted by atomic mass is 9.84. The van der Waals surface area contributed by atoms with E-state index in [2.05, 4.69) is 19.2 Å². The van der Waals surface area contributed by atoms with Crippen molar-refractivity contribution >= 4 is 5.91 Å². The number of rotatable bonds is 1. The van der Waals surface area contributed by atoms with E-state index in [-0.39, 0.29) is 17.3 Å². The van der Waals surface area contributed by atoms with Crippen LogP contribution in [0.2, 0.25) is 0 Å².